The van der Waals surface area contributed by atoms with Crippen molar-refractivity contribution in [2.24, 2.45) is 17.8 Å². The first kappa shape index (κ1) is 34.2. The molecule has 0 saturated heterocycles. The second-order valence-corrected chi connectivity index (χ2v) is 12.2. The minimum atomic E-state index is -0.910. The zero-order valence-corrected chi connectivity index (χ0v) is 26.2. The number of hydrogen-bond donors (Lipinski definition) is 2. The van der Waals surface area contributed by atoms with E-state index < -0.39 is 12.0 Å². The molecule has 226 valence electrons. The van der Waals surface area contributed by atoms with E-state index in [9.17, 15) is 19.5 Å². The summed E-state index contributed by atoms with van der Waals surface area (Å²) >= 11 is 1.22. The predicted molar refractivity (Wildman–Crippen MR) is 163 cm³/mol. The highest BCUT2D eigenvalue weighted by molar-refractivity contribution is 7.09. The molecule has 0 unspecified atom stereocenters. The van der Waals surface area contributed by atoms with Gasteiger partial charge in [0.05, 0.1) is 5.92 Å². The molecule has 2 amide bonds. The van der Waals surface area contributed by atoms with Gasteiger partial charge in [-0.05, 0) is 30.2 Å². The number of benzene rings is 1. The van der Waals surface area contributed by atoms with Gasteiger partial charge < -0.3 is 20.1 Å². The van der Waals surface area contributed by atoms with Crippen LogP contribution in [0.4, 0.5) is 0 Å². The van der Waals surface area contributed by atoms with Crippen molar-refractivity contribution in [3.05, 3.63) is 64.6 Å². The summed E-state index contributed by atoms with van der Waals surface area (Å²) in [4.78, 5) is 44.6. The number of aliphatic hydroxyl groups excluding tert-OH is 1. The van der Waals surface area contributed by atoms with Crippen LogP contribution in [-0.4, -0.2) is 58.5 Å². The number of hydrogen-bond acceptors (Lipinski definition) is 7. The molecule has 1 heterocycles. The van der Waals surface area contributed by atoms with E-state index in [0.29, 0.717) is 36.6 Å². The molecule has 2 aromatic rings. The molecule has 1 aromatic carbocycles. The fraction of sp³-hybridized carbons (Fsp3) is 0.562. The Bertz CT molecular complexity index is 1120. The summed E-state index contributed by atoms with van der Waals surface area (Å²) in [6, 6.07) is 9.26. The van der Waals surface area contributed by atoms with E-state index in [4.69, 9.17) is 4.74 Å². The second-order valence-electron chi connectivity index (χ2n) is 11.3. The smallest absolute Gasteiger partial charge is 0.309 e. The lowest BCUT2D eigenvalue weighted by Crippen LogP contribution is -2.42. The fourth-order valence-electron chi connectivity index (χ4n) is 4.68. The van der Waals surface area contributed by atoms with Crippen molar-refractivity contribution in [3.63, 3.8) is 0 Å². The second kappa shape index (κ2) is 17.0. The van der Waals surface area contributed by atoms with E-state index in [2.05, 4.69) is 30.7 Å². The van der Waals surface area contributed by atoms with Crippen molar-refractivity contribution >= 4 is 29.1 Å². The maximum absolute atomic E-state index is 13.2. The van der Waals surface area contributed by atoms with Crippen LogP contribution in [0, 0.1) is 17.8 Å². The molecular formula is C32H47N3O5S. The van der Waals surface area contributed by atoms with Crippen LogP contribution in [0.5, 0.6) is 0 Å². The quantitative estimate of drug-likeness (QED) is 0.185. The Balaban J connectivity index is 2.11. The van der Waals surface area contributed by atoms with Crippen LogP contribution in [-0.2, 0) is 20.7 Å². The van der Waals surface area contributed by atoms with Crippen LogP contribution in [0.25, 0.3) is 0 Å². The SMILES string of the molecule is C=CCOC(=O)[C@@H](C)C[C@H](Cc1ccccc1)NC(=O)c1csc([C@H](O)C[C@H](C(C)C)N(C)C(=O)C[C@@H](C)CC)n1. The van der Waals surface area contributed by atoms with Gasteiger partial charge in [-0.3, -0.25) is 14.4 Å². The summed E-state index contributed by atoms with van der Waals surface area (Å²) < 4.78 is 5.19. The van der Waals surface area contributed by atoms with Crippen molar-refractivity contribution in [1.82, 2.24) is 15.2 Å². The van der Waals surface area contributed by atoms with E-state index in [1.54, 1.807) is 24.3 Å². The third-order valence-electron chi connectivity index (χ3n) is 7.43. The molecule has 0 spiro atoms. The highest BCUT2D eigenvalue weighted by Gasteiger charge is 2.29. The molecule has 0 aliphatic heterocycles. The number of ether oxygens (including phenoxy) is 1. The van der Waals surface area contributed by atoms with Gasteiger partial charge in [0.2, 0.25) is 5.91 Å². The topological polar surface area (TPSA) is 109 Å². The maximum Gasteiger partial charge on any atom is 0.309 e. The number of aromatic nitrogens is 1. The zero-order chi connectivity index (χ0) is 30.5. The van der Waals surface area contributed by atoms with Gasteiger partial charge in [0.1, 0.15) is 23.4 Å². The van der Waals surface area contributed by atoms with Crippen molar-refractivity contribution in [1.29, 1.82) is 0 Å². The Morgan fingerprint density at radius 1 is 1.15 bits per heavy atom. The normalized spacial score (nSPS) is 14.9. The number of amides is 2. The molecule has 0 radical (unpaired) electrons. The first-order valence-electron chi connectivity index (χ1n) is 14.5. The molecule has 0 saturated carbocycles. The number of rotatable bonds is 17. The Labute approximate surface area is 249 Å². The van der Waals surface area contributed by atoms with Crippen molar-refractivity contribution in [3.8, 4) is 0 Å². The van der Waals surface area contributed by atoms with E-state index in [1.807, 2.05) is 44.2 Å². The molecule has 2 rings (SSSR count). The lowest BCUT2D eigenvalue weighted by molar-refractivity contribution is -0.147. The number of carbonyl (C=O) groups is 3. The third-order valence-corrected chi connectivity index (χ3v) is 8.37. The van der Waals surface area contributed by atoms with Crippen LogP contribution in [0.3, 0.4) is 0 Å². The number of nitrogens with zero attached hydrogens (tertiary/aromatic N) is 2. The van der Waals surface area contributed by atoms with Gasteiger partial charge in [0.25, 0.3) is 5.91 Å². The van der Waals surface area contributed by atoms with Gasteiger partial charge in [0.15, 0.2) is 0 Å². The van der Waals surface area contributed by atoms with E-state index >= 15 is 0 Å². The first-order valence-corrected chi connectivity index (χ1v) is 15.4. The largest absolute Gasteiger partial charge is 0.461 e. The minimum absolute atomic E-state index is 0.0662. The molecule has 2 N–H and O–H groups in total. The summed E-state index contributed by atoms with van der Waals surface area (Å²) in [5.41, 5.74) is 1.25. The molecule has 0 bridgehead atoms. The highest BCUT2D eigenvalue weighted by Crippen LogP contribution is 2.28. The number of nitrogens with one attached hydrogen (secondary N) is 1. The molecule has 8 nitrogen and oxygen atoms in total. The molecule has 0 aliphatic rings. The summed E-state index contributed by atoms with van der Waals surface area (Å²) in [6.07, 6.45) is 3.28. The molecule has 0 fully saturated rings. The Morgan fingerprint density at radius 2 is 1.83 bits per heavy atom. The predicted octanol–water partition coefficient (Wildman–Crippen LogP) is 5.58. The minimum Gasteiger partial charge on any atom is -0.461 e. The maximum atomic E-state index is 13.2. The molecule has 41 heavy (non-hydrogen) atoms. The molecule has 5 atom stereocenters. The highest BCUT2D eigenvalue weighted by atomic mass is 32.1. The summed E-state index contributed by atoms with van der Waals surface area (Å²) in [5.74, 6) is -0.634. The zero-order valence-electron chi connectivity index (χ0n) is 25.3. The Kier molecular flexibility index (Phi) is 14.2. The van der Waals surface area contributed by atoms with Crippen LogP contribution >= 0.6 is 11.3 Å². The average Bonchev–Trinajstić information content (AvgIpc) is 3.45. The van der Waals surface area contributed by atoms with Crippen LogP contribution in [0.1, 0.15) is 87.5 Å². The number of carbonyl (C=O) groups excluding carboxylic acids is 3. The monoisotopic (exact) mass is 585 g/mol. The molecular weight excluding hydrogens is 538 g/mol. The Morgan fingerprint density at radius 3 is 2.44 bits per heavy atom. The van der Waals surface area contributed by atoms with Gasteiger partial charge in [-0.1, -0.05) is 84.0 Å². The molecule has 9 heteroatoms. The lowest BCUT2D eigenvalue weighted by atomic mass is 9.95. The molecule has 0 aliphatic carbocycles. The van der Waals surface area contributed by atoms with Crippen LogP contribution < -0.4 is 5.32 Å². The van der Waals surface area contributed by atoms with Gasteiger partial charge in [-0.15, -0.1) is 11.3 Å². The summed E-state index contributed by atoms with van der Waals surface area (Å²) in [6.45, 7) is 13.7. The number of aliphatic hydroxyl groups is 1. The fourth-order valence-corrected chi connectivity index (χ4v) is 5.48. The summed E-state index contributed by atoms with van der Waals surface area (Å²) in [7, 11) is 1.80. The lowest BCUT2D eigenvalue weighted by Gasteiger charge is -2.33. The van der Waals surface area contributed by atoms with Crippen LogP contribution in [0.15, 0.2) is 48.4 Å². The summed E-state index contributed by atoms with van der Waals surface area (Å²) in [5, 5.41) is 16.1. The van der Waals surface area contributed by atoms with Gasteiger partial charge in [-0.25, -0.2) is 4.98 Å². The average molecular weight is 586 g/mol. The molecule has 1 aromatic heterocycles. The van der Waals surface area contributed by atoms with Crippen LogP contribution in [0.2, 0.25) is 0 Å². The first-order chi connectivity index (χ1) is 19.5. The van der Waals surface area contributed by atoms with E-state index in [-0.39, 0.29) is 48.1 Å². The van der Waals surface area contributed by atoms with E-state index in [1.165, 1.54) is 17.4 Å². The number of thiazole rings is 1. The Hall–Kier alpha value is -3.04. The third kappa shape index (κ3) is 11.0. The van der Waals surface area contributed by atoms with Crippen molar-refractivity contribution in [2.45, 2.75) is 84.9 Å². The number of esters is 1. The van der Waals surface area contributed by atoms with E-state index in [0.717, 1.165) is 12.0 Å². The standard InChI is InChI=1S/C32H47N3O5S/c1-8-15-40-32(39)23(6)17-25(18-24-13-11-10-12-14-24)33-30(38)26-20-41-31(34-26)28(36)19-27(21(3)4)35(7)29(37)16-22(5)9-2/h8,10-14,20-23,25,27-28,36H,1,9,15-19H2,2-7H3,(H,33,38)/t22-,23-,25+,27+,28+/m0/s1. The van der Waals surface area contributed by atoms with Gasteiger partial charge >= 0.3 is 5.97 Å². The van der Waals surface area contributed by atoms with Crippen molar-refractivity contribution < 1.29 is 24.2 Å². The van der Waals surface area contributed by atoms with Gasteiger partial charge in [-0.2, -0.15) is 0 Å². The van der Waals surface area contributed by atoms with Gasteiger partial charge in [0, 0.05) is 37.4 Å². The van der Waals surface area contributed by atoms with Crippen molar-refractivity contribution in [2.75, 3.05) is 13.7 Å².